The predicted molar refractivity (Wildman–Crippen MR) is 154 cm³/mol. The van der Waals surface area contributed by atoms with E-state index < -0.39 is 5.97 Å². The number of likely N-dealkylation sites (tertiary alicyclic amines) is 1. The number of hydrogen-bond acceptors (Lipinski definition) is 6. The molecular weight excluding hydrogens is 504 g/mol. The van der Waals surface area contributed by atoms with Gasteiger partial charge in [0.15, 0.2) is 17.3 Å². The van der Waals surface area contributed by atoms with Crippen molar-refractivity contribution in [2.75, 3.05) is 13.1 Å². The lowest BCUT2D eigenvalue weighted by Crippen LogP contribution is -2.61. The summed E-state index contributed by atoms with van der Waals surface area (Å²) in [7, 11) is 1.80. The lowest BCUT2D eigenvalue weighted by Gasteiger charge is -2.47. The van der Waals surface area contributed by atoms with E-state index in [9.17, 15) is 9.59 Å². The van der Waals surface area contributed by atoms with E-state index in [1.54, 1.807) is 24.0 Å². The van der Waals surface area contributed by atoms with E-state index in [2.05, 4.69) is 49.3 Å². The molecule has 2 heterocycles. The zero-order chi connectivity index (χ0) is 28.7. The van der Waals surface area contributed by atoms with Crippen LogP contribution in [0.2, 0.25) is 0 Å². The summed E-state index contributed by atoms with van der Waals surface area (Å²) in [5.74, 6) is 0.796. The van der Waals surface area contributed by atoms with Crippen LogP contribution >= 0.6 is 0 Å². The standard InChI is InChI=1S/C32H43N4O4/c1-6-7-16-36(17-9-8-13-29(36)30(38)19-28-23(2)11-10-12-24(28)3)21-26-14-15-31(40-25(4)37)32(18-26)39-22-27-20-35(5)34-33-27/h10-12,14-15,18,20,29H,6-9,13,16-17,19,21-22H2,1-5H3/q+1. The van der Waals surface area contributed by atoms with Gasteiger partial charge in [-0.15, -0.1) is 5.10 Å². The fourth-order valence-corrected chi connectivity index (χ4v) is 6.07. The summed E-state index contributed by atoms with van der Waals surface area (Å²) in [5, 5.41) is 8.06. The number of aromatic nitrogens is 3. The average Bonchev–Trinajstić information content (AvgIpc) is 3.34. The number of nitrogens with zero attached hydrogens (tertiary/aromatic N) is 4. The van der Waals surface area contributed by atoms with Crippen LogP contribution in [0.5, 0.6) is 11.5 Å². The highest BCUT2D eigenvalue weighted by atomic mass is 16.6. The van der Waals surface area contributed by atoms with E-state index in [0.29, 0.717) is 29.4 Å². The summed E-state index contributed by atoms with van der Waals surface area (Å²) < 4.78 is 13.9. The van der Waals surface area contributed by atoms with Crippen LogP contribution < -0.4 is 9.47 Å². The number of ketones is 1. The smallest absolute Gasteiger partial charge is 0.308 e. The number of piperidine rings is 1. The Morgan fingerprint density at radius 1 is 1.10 bits per heavy atom. The number of carbonyl (C=O) groups is 2. The van der Waals surface area contributed by atoms with Gasteiger partial charge in [0.2, 0.25) is 0 Å². The zero-order valence-electron chi connectivity index (χ0n) is 24.6. The van der Waals surface area contributed by atoms with Gasteiger partial charge in [0.05, 0.1) is 19.3 Å². The third kappa shape index (κ3) is 7.16. The molecule has 1 aromatic heterocycles. The van der Waals surface area contributed by atoms with Gasteiger partial charge in [-0.25, -0.2) is 0 Å². The molecule has 2 atom stereocenters. The van der Waals surface area contributed by atoms with Crippen LogP contribution in [0.3, 0.4) is 0 Å². The Labute approximate surface area is 237 Å². The third-order valence-electron chi connectivity index (χ3n) is 8.10. The molecule has 0 saturated carbocycles. The number of Topliss-reactive ketones (excluding diaryl/α,β-unsaturated/α-hetero) is 1. The number of unbranched alkanes of at least 4 members (excludes halogenated alkanes) is 1. The fraction of sp³-hybridized carbons (Fsp3) is 0.500. The lowest BCUT2D eigenvalue weighted by molar-refractivity contribution is -0.959. The molecule has 4 rings (SSSR count). The van der Waals surface area contributed by atoms with Gasteiger partial charge in [0, 0.05) is 32.4 Å². The van der Waals surface area contributed by atoms with Crippen molar-refractivity contribution in [3.05, 3.63) is 70.5 Å². The first-order valence-electron chi connectivity index (χ1n) is 14.4. The SMILES string of the molecule is CCCC[N+]1(Cc2ccc(OC(C)=O)c(OCc3cn(C)nn3)c2)CCCCC1C(=O)Cc1c(C)cccc1C. The molecule has 0 N–H and O–H groups in total. The molecule has 1 fully saturated rings. The summed E-state index contributed by atoms with van der Waals surface area (Å²) >= 11 is 0. The molecule has 2 aromatic carbocycles. The van der Waals surface area contributed by atoms with Crippen molar-refractivity contribution in [2.24, 2.45) is 7.05 Å². The molecule has 8 heteroatoms. The normalized spacial score (nSPS) is 18.9. The van der Waals surface area contributed by atoms with Crippen LogP contribution in [0.1, 0.15) is 73.9 Å². The Morgan fingerprint density at radius 3 is 2.55 bits per heavy atom. The van der Waals surface area contributed by atoms with Crippen molar-refractivity contribution in [1.29, 1.82) is 0 Å². The Morgan fingerprint density at radius 2 is 1.88 bits per heavy atom. The van der Waals surface area contributed by atoms with Crippen molar-refractivity contribution >= 4 is 11.8 Å². The minimum Gasteiger partial charge on any atom is -0.483 e. The summed E-state index contributed by atoms with van der Waals surface area (Å²) in [6.45, 7) is 10.7. The largest absolute Gasteiger partial charge is 0.483 e. The maximum absolute atomic E-state index is 14.0. The number of rotatable bonds is 12. The van der Waals surface area contributed by atoms with Gasteiger partial charge in [0.25, 0.3) is 0 Å². The molecule has 0 aliphatic carbocycles. The molecule has 1 saturated heterocycles. The number of aryl methyl sites for hydroxylation is 3. The molecule has 1 aliphatic rings. The highest BCUT2D eigenvalue weighted by Crippen LogP contribution is 2.35. The second-order valence-corrected chi connectivity index (χ2v) is 11.2. The minimum atomic E-state index is -0.406. The first kappa shape index (κ1) is 29.5. The van der Waals surface area contributed by atoms with Gasteiger partial charge in [-0.1, -0.05) is 36.8 Å². The molecule has 0 radical (unpaired) electrons. The molecule has 8 nitrogen and oxygen atoms in total. The zero-order valence-corrected chi connectivity index (χ0v) is 24.6. The molecule has 0 spiro atoms. The monoisotopic (exact) mass is 547 g/mol. The van der Waals surface area contributed by atoms with Gasteiger partial charge in [0.1, 0.15) is 24.9 Å². The molecule has 0 amide bonds. The maximum Gasteiger partial charge on any atom is 0.308 e. The summed E-state index contributed by atoms with van der Waals surface area (Å²) in [6, 6.07) is 12.0. The topological polar surface area (TPSA) is 83.3 Å². The lowest BCUT2D eigenvalue weighted by atomic mass is 9.88. The number of hydrogen-bond donors (Lipinski definition) is 0. The Kier molecular flexibility index (Phi) is 9.74. The summed E-state index contributed by atoms with van der Waals surface area (Å²) in [6.07, 6.45) is 7.51. The summed E-state index contributed by atoms with van der Waals surface area (Å²) in [5.41, 5.74) is 5.27. The molecule has 40 heavy (non-hydrogen) atoms. The Balaban J connectivity index is 1.63. The van der Waals surface area contributed by atoms with Crippen molar-refractivity contribution in [3.8, 4) is 11.5 Å². The Bertz CT molecular complexity index is 1310. The van der Waals surface area contributed by atoms with Crippen LogP contribution in [-0.4, -0.2) is 50.4 Å². The van der Waals surface area contributed by atoms with E-state index in [1.807, 2.05) is 12.1 Å². The minimum absolute atomic E-state index is 0.0450. The van der Waals surface area contributed by atoms with Crippen molar-refractivity contribution in [2.45, 2.75) is 85.4 Å². The first-order valence-corrected chi connectivity index (χ1v) is 14.4. The quantitative estimate of drug-likeness (QED) is 0.171. The van der Waals surface area contributed by atoms with E-state index in [-0.39, 0.29) is 12.6 Å². The van der Waals surface area contributed by atoms with Crippen LogP contribution in [0, 0.1) is 13.8 Å². The van der Waals surface area contributed by atoms with E-state index in [0.717, 1.165) is 67.3 Å². The van der Waals surface area contributed by atoms with Crippen LogP contribution in [0.4, 0.5) is 0 Å². The fourth-order valence-electron chi connectivity index (χ4n) is 6.07. The van der Waals surface area contributed by atoms with Gasteiger partial charge < -0.3 is 14.0 Å². The molecular formula is C32H43N4O4+. The second-order valence-electron chi connectivity index (χ2n) is 11.2. The number of quaternary nitrogens is 1. The van der Waals surface area contributed by atoms with E-state index >= 15 is 0 Å². The highest BCUT2D eigenvalue weighted by molar-refractivity contribution is 5.85. The maximum atomic E-state index is 14.0. The molecule has 214 valence electrons. The second kappa shape index (κ2) is 13.2. The van der Waals surface area contributed by atoms with Gasteiger partial charge in [-0.3, -0.25) is 14.3 Å². The van der Waals surface area contributed by atoms with E-state index in [4.69, 9.17) is 9.47 Å². The Hall–Kier alpha value is -3.52. The molecule has 1 aliphatic heterocycles. The highest BCUT2D eigenvalue weighted by Gasteiger charge is 2.43. The number of benzene rings is 2. The van der Waals surface area contributed by atoms with E-state index in [1.165, 1.54) is 18.1 Å². The van der Waals surface area contributed by atoms with Crippen LogP contribution in [-0.2, 0) is 36.2 Å². The third-order valence-corrected chi connectivity index (χ3v) is 8.10. The molecule has 0 bridgehead atoms. The molecule has 3 aromatic rings. The molecule has 2 unspecified atom stereocenters. The number of ether oxygens (including phenoxy) is 2. The van der Waals surface area contributed by atoms with Crippen molar-refractivity contribution in [1.82, 2.24) is 15.0 Å². The van der Waals surface area contributed by atoms with Crippen LogP contribution in [0.15, 0.2) is 42.6 Å². The first-order chi connectivity index (χ1) is 19.2. The van der Waals surface area contributed by atoms with Crippen LogP contribution in [0.25, 0.3) is 0 Å². The van der Waals surface area contributed by atoms with Crippen molar-refractivity contribution in [3.63, 3.8) is 0 Å². The average molecular weight is 548 g/mol. The van der Waals surface area contributed by atoms with Gasteiger partial charge >= 0.3 is 5.97 Å². The predicted octanol–water partition coefficient (Wildman–Crippen LogP) is 5.42. The van der Waals surface area contributed by atoms with Crippen molar-refractivity contribution < 1.29 is 23.5 Å². The van der Waals surface area contributed by atoms with Gasteiger partial charge in [-0.2, -0.15) is 0 Å². The van der Waals surface area contributed by atoms with Gasteiger partial charge in [-0.05, 0) is 68.0 Å². The number of carbonyl (C=O) groups excluding carboxylic acids is 2. The number of esters is 1. The summed E-state index contributed by atoms with van der Waals surface area (Å²) in [4.78, 5) is 25.8.